The molecule has 94 valence electrons. The van der Waals surface area contributed by atoms with E-state index in [1.807, 2.05) is 0 Å². The molecule has 1 aromatic rings. The van der Waals surface area contributed by atoms with E-state index in [-0.39, 0.29) is 0 Å². The predicted molar refractivity (Wildman–Crippen MR) is 70.3 cm³/mol. The molecule has 0 spiro atoms. The highest BCUT2D eigenvalue weighted by molar-refractivity contribution is 5.46. The van der Waals surface area contributed by atoms with Gasteiger partial charge in [0.2, 0.25) is 0 Å². The first kappa shape index (κ1) is 12.3. The van der Waals surface area contributed by atoms with Crippen molar-refractivity contribution in [2.24, 2.45) is 0 Å². The van der Waals surface area contributed by atoms with E-state index >= 15 is 0 Å². The van der Waals surface area contributed by atoms with Gasteiger partial charge in [0.1, 0.15) is 12.1 Å². The van der Waals surface area contributed by atoms with E-state index in [9.17, 15) is 0 Å². The van der Waals surface area contributed by atoms with E-state index in [4.69, 9.17) is 0 Å². The van der Waals surface area contributed by atoms with Crippen LogP contribution < -0.4 is 10.6 Å². The Morgan fingerprint density at radius 2 is 2.00 bits per heavy atom. The third-order valence-electron chi connectivity index (χ3n) is 3.22. The van der Waals surface area contributed by atoms with Gasteiger partial charge in [-0.05, 0) is 32.2 Å². The van der Waals surface area contributed by atoms with Gasteiger partial charge in [0, 0.05) is 24.3 Å². The molecule has 4 nitrogen and oxygen atoms in total. The van der Waals surface area contributed by atoms with E-state index in [0.29, 0.717) is 0 Å². The summed E-state index contributed by atoms with van der Waals surface area (Å²) in [5.74, 6) is 1.05. The SMILES string of the molecule is CCNCCNc1ncnc2c1CCCCC2. The Bertz CT molecular complexity index is 351. The van der Waals surface area contributed by atoms with E-state index in [0.717, 1.165) is 38.3 Å². The second kappa shape index (κ2) is 6.55. The zero-order chi connectivity index (χ0) is 11.9. The highest BCUT2D eigenvalue weighted by atomic mass is 15.0. The molecule has 2 rings (SSSR count). The first-order valence-corrected chi connectivity index (χ1v) is 6.69. The van der Waals surface area contributed by atoms with E-state index in [1.165, 1.54) is 30.5 Å². The highest BCUT2D eigenvalue weighted by Gasteiger charge is 2.13. The van der Waals surface area contributed by atoms with E-state index in [2.05, 4.69) is 27.5 Å². The fraction of sp³-hybridized carbons (Fsp3) is 0.692. The van der Waals surface area contributed by atoms with Crippen LogP contribution in [0.2, 0.25) is 0 Å². The maximum atomic E-state index is 4.42. The molecular weight excluding hydrogens is 212 g/mol. The number of likely N-dealkylation sites (N-methyl/N-ethyl adjacent to an activating group) is 1. The first-order valence-electron chi connectivity index (χ1n) is 6.69. The van der Waals surface area contributed by atoms with Crippen LogP contribution in [0.1, 0.15) is 37.4 Å². The molecule has 0 saturated heterocycles. The van der Waals surface area contributed by atoms with Gasteiger partial charge in [0.25, 0.3) is 0 Å². The number of fused-ring (bicyclic) bond motifs is 1. The van der Waals surface area contributed by atoms with Crippen molar-refractivity contribution in [1.29, 1.82) is 0 Å². The highest BCUT2D eigenvalue weighted by Crippen LogP contribution is 2.23. The molecule has 0 unspecified atom stereocenters. The molecule has 0 atom stereocenters. The molecular formula is C13H22N4. The monoisotopic (exact) mass is 234 g/mol. The summed E-state index contributed by atoms with van der Waals surface area (Å²) in [6, 6.07) is 0. The summed E-state index contributed by atoms with van der Waals surface area (Å²) in [5, 5.41) is 6.73. The number of aryl methyl sites for hydroxylation is 1. The minimum absolute atomic E-state index is 0.928. The minimum Gasteiger partial charge on any atom is -0.368 e. The summed E-state index contributed by atoms with van der Waals surface area (Å²) in [7, 11) is 0. The molecule has 0 aliphatic heterocycles. The molecule has 4 heteroatoms. The first-order chi connectivity index (χ1) is 8.42. The van der Waals surface area contributed by atoms with Crippen LogP contribution in [-0.2, 0) is 12.8 Å². The van der Waals surface area contributed by atoms with Crippen molar-refractivity contribution >= 4 is 5.82 Å². The van der Waals surface area contributed by atoms with Gasteiger partial charge in [-0.2, -0.15) is 0 Å². The lowest BCUT2D eigenvalue weighted by atomic mass is 10.1. The third-order valence-corrected chi connectivity index (χ3v) is 3.22. The second-order valence-electron chi connectivity index (χ2n) is 4.49. The molecule has 1 heterocycles. The van der Waals surface area contributed by atoms with Gasteiger partial charge >= 0.3 is 0 Å². The van der Waals surface area contributed by atoms with Crippen LogP contribution >= 0.6 is 0 Å². The van der Waals surface area contributed by atoms with Crippen LogP contribution in [0.5, 0.6) is 0 Å². The van der Waals surface area contributed by atoms with Gasteiger partial charge in [0.15, 0.2) is 0 Å². The number of hydrogen-bond donors (Lipinski definition) is 2. The quantitative estimate of drug-likeness (QED) is 0.602. The number of nitrogens with zero attached hydrogens (tertiary/aromatic N) is 2. The Morgan fingerprint density at radius 3 is 2.88 bits per heavy atom. The van der Waals surface area contributed by atoms with Gasteiger partial charge in [-0.15, -0.1) is 0 Å². The molecule has 0 fully saturated rings. The number of nitrogens with one attached hydrogen (secondary N) is 2. The smallest absolute Gasteiger partial charge is 0.132 e. The molecule has 0 aromatic carbocycles. The Kier molecular flexibility index (Phi) is 4.74. The summed E-state index contributed by atoms with van der Waals surface area (Å²) >= 11 is 0. The predicted octanol–water partition coefficient (Wildman–Crippen LogP) is 1.77. The Hall–Kier alpha value is -1.16. The van der Waals surface area contributed by atoms with E-state index < -0.39 is 0 Å². The molecule has 2 N–H and O–H groups in total. The Labute approximate surface area is 103 Å². The van der Waals surface area contributed by atoms with Crippen molar-refractivity contribution in [3.8, 4) is 0 Å². The molecule has 1 aromatic heterocycles. The fourth-order valence-corrected chi connectivity index (χ4v) is 2.30. The lowest BCUT2D eigenvalue weighted by Crippen LogP contribution is -2.22. The zero-order valence-electron chi connectivity index (χ0n) is 10.6. The van der Waals surface area contributed by atoms with Crippen LogP contribution in [0.15, 0.2) is 6.33 Å². The average molecular weight is 234 g/mol. The Morgan fingerprint density at radius 1 is 1.12 bits per heavy atom. The van der Waals surface area contributed by atoms with Crippen LogP contribution in [0.25, 0.3) is 0 Å². The van der Waals surface area contributed by atoms with Gasteiger partial charge in [0.05, 0.1) is 0 Å². The van der Waals surface area contributed by atoms with E-state index in [1.54, 1.807) is 6.33 Å². The summed E-state index contributed by atoms with van der Waals surface area (Å²) in [6.45, 7) is 5.05. The van der Waals surface area contributed by atoms with Crippen molar-refractivity contribution < 1.29 is 0 Å². The largest absolute Gasteiger partial charge is 0.368 e. The lowest BCUT2D eigenvalue weighted by Gasteiger charge is -2.12. The summed E-state index contributed by atoms with van der Waals surface area (Å²) in [5.41, 5.74) is 2.60. The van der Waals surface area contributed by atoms with Crippen LogP contribution in [0.3, 0.4) is 0 Å². The van der Waals surface area contributed by atoms with Crippen LogP contribution in [0.4, 0.5) is 5.82 Å². The Balaban J connectivity index is 2.01. The average Bonchev–Trinajstić information content (AvgIpc) is 2.60. The minimum atomic E-state index is 0.928. The van der Waals surface area contributed by atoms with Crippen molar-refractivity contribution in [2.75, 3.05) is 25.0 Å². The molecule has 0 radical (unpaired) electrons. The number of anilines is 1. The fourth-order valence-electron chi connectivity index (χ4n) is 2.30. The van der Waals surface area contributed by atoms with Crippen LogP contribution in [-0.4, -0.2) is 29.6 Å². The summed E-state index contributed by atoms with van der Waals surface area (Å²) in [6.07, 6.45) is 7.77. The zero-order valence-corrected chi connectivity index (χ0v) is 10.6. The number of rotatable bonds is 5. The third kappa shape index (κ3) is 3.40. The maximum absolute atomic E-state index is 4.42. The topological polar surface area (TPSA) is 49.8 Å². The molecule has 0 amide bonds. The number of hydrogen-bond acceptors (Lipinski definition) is 4. The normalized spacial score (nSPS) is 15.1. The van der Waals surface area contributed by atoms with Crippen LogP contribution in [0, 0.1) is 0 Å². The van der Waals surface area contributed by atoms with Crippen molar-refractivity contribution in [3.63, 3.8) is 0 Å². The lowest BCUT2D eigenvalue weighted by molar-refractivity contribution is 0.708. The standard InChI is InChI=1S/C13H22N4/c1-2-14-8-9-15-13-11-6-4-3-5-7-12(11)16-10-17-13/h10,14H,2-9H2,1H3,(H,15,16,17). The molecule has 1 aliphatic rings. The molecule has 0 saturated carbocycles. The summed E-state index contributed by atoms with van der Waals surface area (Å²) in [4.78, 5) is 8.80. The number of aromatic nitrogens is 2. The molecule has 1 aliphatic carbocycles. The van der Waals surface area contributed by atoms with Crippen molar-refractivity contribution in [2.45, 2.75) is 39.0 Å². The van der Waals surface area contributed by atoms with Gasteiger partial charge in [-0.3, -0.25) is 0 Å². The molecule has 17 heavy (non-hydrogen) atoms. The van der Waals surface area contributed by atoms with Crippen molar-refractivity contribution in [3.05, 3.63) is 17.6 Å². The second-order valence-corrected chi connectivity index (χ2v) is 4.49. The summed E-state index contributed by atoms with van der Waals surface area (Å²) < 4.78 is 0. The molecule has 0 bridgehead atoms. The van der Waals surface area contributed by atoms with Gasteiger partial charge in [-0.25, -0.2) is 9.97 Å². The van der Waals surface area contributed by atoms with Gasteiger partial charge < -0.3 is 10.6 Å². The maximum Gasteiger partial charge on any atom is 0.132 e. The van der Waals surface area contributed by atoms with Crippen molar-refractivity contribution in [1.82, 2.24) is 15.3 Å². The van der Waals surface area contributed by atoms with Gasteiger partial charge in [-0.1, -0.05) is 13.3 Å².